The molecule has 3 nitrogen and oxygen atoms in total. The van der Waals surface area contributed by atoms with Gasteiger partial charge in [0.2, 0.25) is 0 Å². The number of hydrogen-bond donors (Lipinski definition) is 0. The van der Waals surface area contributed by atoms with Crippen LogP contribution in [0.25, 0.3) is 0 Å². The summed E-state index contributed by atoms with van der Waals surface area (Å²) in [4.78, 5) is 18.6. The molecule has 0 unspecified atom stereocenters. The van der Waals surface area contributed by atoms with Crippen molar-refractivity contribution in [2.45, 2.75) is 47.0 Å². The van der Waals surface area contributed by atoms with Crippen LogP contribution in [-0.4, -0.2) is 12.8 Å². The number of carbonyl (C=O) groups excluding carboxylic acids is 1. The summed E-state index contributed by atoms with van der Waals surface area (Å²) in [6.07, 6.45) is 2.97. The number of nitroso groups, excluding NO2 is 1. The zero-order valence-corrected chi connectivity index (χ0v) is 8.89. The summed E-state index contributed by atoms with van der Waals surface area (Å²) in [6.45, 7) is 7.87. The maximum absolute atomic E-state index is 10.0. The van der Waals surface area contributed by atoms with Crippen LogP contribution in [0.3, 0.4) is 0 Å². The lowest BCUT2D eigenvalue weighted by molar-refractivity contribution is -0.117. The molecule has 0 aromatic heterocycles. The largest absolute Gasteiger partial charge is 0.300 e. The van der Waals surface area contributed by atoms with E-state index in [2.05, 4.69) is 19.0 Å². The molecule has 0 aliphatic rings. The summed E-state index contributed by atoms with van der Waals surface area (Å²) in [5, 5.41) is 2.25. The van der Waals surface area contributed by atoms with Crippen LogP contribution in [0, 0.1) is 4.91 Å². The molecule has 12 heavy (non-hydrogen) atoms. The highest BCUT2D eigenvalue weighted by Crippen LogP contribution is 1.84. The first-order chi connectivity index (χ1) is 5.60. The van der Waals surface area contributed by atoms with E-state index in [1.165, 1.54) is 13.5 Å². The number of hydrogen-bond acceptors (Lipinski definition) is 3. The third-order valence-electron chi connectivity index (χ3n) is 0.602. The van der Waals surface area contributed by atoms with Gasteiger partial charge in [0.25, 0.3) is 0 Å². The zero-order valence-electron chi connectivity index (χ0n) is 8.89. The SMILES string of the molecule is CCC.CCCC(C)=O.CN=O. The molecule has 74 valence electrons. The Balaban J connectivity index is -0.000000115. The number of nitrogens with zero attached hydrogens (tertiary/aromatic N) is 1. The molecule has 0 bridgehead atoms. The minimum atomic E-state index is 0.289. The zero-order chi connectivity index (χ0) is 10.4. The van der Waals surface area contributed by atoms with Crippen LogP contribution in [0.5, 0.6) is 0 Å². The summed E-state index contributed by atoms with van der Waals surface area (Å²) in [7, 11) is 1.19. The molecule has 0 aromatic carbocycles. The van der Waals surface area contributed by atoms with Crippen LogP contribution in [0.4, 0.5) is 0 Å². The van der Waals surface area contributed by atoms with Gasteiger partial charge < -0.3 is 4.79 Å². The third kappa shape index (κ3) is 123. The molecule has 0 amide bonds. The molecule has 0 spiro atoms. The summed E-state index contributed by atoms with van der Waals surface area (Å²) < 4.78 is 0. The first-order valence-corrected chi connectivity index (χ1v) is 4.31. The number of ketones is 1. The van der Waals surface area contributed by atoms with Gasteiger partial charge in [-0.05, 0) is 13.3 Å². The van der Waals surface area contributed by atoms with Crippen molar-refractivity contribution >= 4 is 5.78 Å². The normalized spacial score (nSPS) is 6.75. The number of rotatable bonds is 2. The Labute approximate surface area is 75.5 Å². The Morgan fingerprint density at radius 1 is 1.25 bits per heavy atom. The molecule has 0 heterocycles. The van der Waals surface area contributed by atoms with Crippen LogP contribution < -0.4 is 0 Å². The van der Waals surface area contributed by atoms with E-state index >= 15 is 0 Å². The quantitative estimate of drug-likeness (QED) is 0.605. The van der Waals surface area contributed by atoms with E-state index in [1.54, 1.807) is 6.92 Å². The lowest BCUT2D eigenvalue weighted by atomic mass is 10.3. The third-order valence-corrected chi connectivity index (χ3v) is 0.602. The Bertz CT molecular complexity index is 92.5. The Hall–Kier alpha value is -0.730. The molecule has 0 radical (unpaired) electrons. The van der Waals surface area contributed by atoms with Crippen molar-refractivity contribution in [1.82, 2.24) is 0 Å². The van der Waals surface area contributed by atoms with Gasteiger partial charge in [0.1, 0.15) is 5.78 Å². The fraction of sp³-hybridized carbons (Fsp3) is 0.889. The molecule has 0 saturated carbocycles. The van der Waals surface area contributed by atoms with Crippen molar-refractivity contribution in [2.75, 3.05) is 7.05 Å². The van der Waals surface area contributed by atoms with E-state index in [1.807, 2.05) is 6.92 Å². The van der Waals surface area contributed by atoms with E-state index in [0.717, 1.165) is 12.8 Å². The molecular formula is C9H21NO2. The monoisotopic (exact) mass is 175 g/mol. The molecule has 0 aliphatic heterocycles. The highest BCUT2D eigenvalue weighted by molar-refractivity contribution is 5.75. The van der Waals surface area contributed by atoms with E-state index < -0.39 is 0 Å². The lowest BCUT2D eigenvalue weighted by Gasteiger charge is -1.80. The minimum Gasteiger partial charge on any atom is -0.300 e. The molecule has 3 heteroatoms. The predicted molar refractivity (Wildman–Crippen MR) is 53.3 cm³/mol. The number of carbonyl (C=O) groups is 1. The van der Waals surface area contributed by atoms with Crippen molar-refractivity contribution in [3.05, 3.63) is 4.91 Å². The van der Waals surface area contributed by atoms with Gasteiger partial charge in [-0.15, -0.1) is 0 Å². The van der Waals surface area contributed by atoms with Crippen LogP contribution in [0.2, 0.25) is 0 Å². The van der Waals surface area contributed by atoms with E-state index in [4.69, 9.17) is 4.91 Å². The first kappa shape index (κ1) is 17.4. The Morgan fingerprint density at radius 3 is 1.50 bits per heavy atom. The van der Waals surface area contributed by atoms with Crippen molar-refractivity contribution < 1.29 is 4.79 Å². The molecule has 0 saturated heterocycles. The van der Waals surface area contributed by atoms with E-state index in [9.17, 15) is 4.79 Å². The maximum atomic E-state index is 10.0. The van der Waals surface area contributed by atoms with Gasteiger partial charge in [-0.1, -0.05) is 32.4 Å². The molecule has 0 fully saturated rings. The van der Waals surface area contributed by atoms with Gasteiger partial charge in [0, 0.05) is 6.42 Å². The Morgan fingerprint density at radius 2 is 1.50 bits per heavy atom. The van der Waals surface area contributed by atoms with Gasteiger partial charge in [-0.3, -0.25) is 0 Å². The molecule has 0 aromatic rings. The van der Waals surface area contributed by atoms with Crippen LogP contribution in [0.15, 0.2) is 5.18 Å². The van der Waals surface area contributed by atoms with Gasteiger partial charge in [-0.2, -0.15) is 4.91 Å². The van der Waals surface area contributed by atoms with Gasteiger partial charge in [-0.25, -0.2) is 0 Å². The number of Topliss-reactive ketones (excluding diaryl/α,β-unsaturated/α-hetero) is 1. The van der Waals surface area contributed by atoms with Crippen molar-refractivity contribution in [2.24, 2.45) is 5.18 Å². The molecule has 0 atom stereocenters. The second-order valence-electron chi connectivity index (χ2n) is 2.34. The summed E-state index contributed by atoms with van der Waals surface area (Å²) in [5.74, 6) is 0.289. The fourth-order valence-electron chi connectivity index (χ4n) is 0.352. The van der Waals surface area contributed by atoms with Gasteiger partial charge in [0.15, 0.2) is 0 Å². The molecule has 0 aliphatic carbocycles. The van der Waals surface area contributed by atoms with Crippen molar-refractivity contribution in [3.63, 3.8) is 0 Å². The van der Waals surface area contributed by atoms with Crippen LogP contribution in [-0.2, 0) is 4.79 Å². The van der Waals surface area contributed by atoms with Gasteiger partial charge in [0.05, 0.1) is 7.05 Å². The fourth-order valence-corrected chi connectivity index (χ4v) is 0.352. The summed E-state index contributed by atoms with van der Waals surface area (Å²) >= 11 is 0. The average Bonchev–Trinajstić information content (AvgIpc) is 1.89. The first-order valence-electron chi connectivity index (χ1n) is 4.31. The highest BCUT2D eigenvalue weighted by atomic mass is 16.2. The average molecular weight is 175 g/mol. The topological polar surface area (TPSA) is 46.5 Å². The lowest BCUT2D eigenvalue weighted by Crippen LogP contribution is -1.84. The van der Waals surface area contributed by atoms with Crippen molar-refractivity contribution in [3.8, 4) is 0 Å². The summed E-state index contributed by atoms with van der Waals surface area (Å²) in [5.41, 5.74) is 0. The van der Waals surface area contributed by atoms with E-state index in [-0.39, 0.29) is 5.78 Å². The van der Waals surface area contributed by atoms with Crippen LogP contribution >= 0.6 is 0 Å². The summed E-state index contributed by atoms with van der Waals surface area (Å²) in [6, 6.07) is 0. The molecular weight excluding hydrogens is 154 g/mol. The molecule has 0 rings (SSSR count). The van der Waals surface area contributed by atoms with Crippen molar-refractivity contribution in [1.29, 1.82) is 0 Å². The Kier molecular flexibility index (Phi) is 32.5. The smallest absolute Gasteiger partial charge is 0.129 e. The van der Waals surface area contributed by atoms with E-state index in [0.29, 0.717) is 0 Å². The van der Waals surface area contributed by atoms with Gasteiger partial charge >= 0.3 is 0 Å². The predicted octanol–water partition coefficient (Wildman–Crippen LogP) is 3.17. The standard InChI is InChI=1S/C5H10O.C3H8.CH3NO/c1-3-4-5(2)6;1-3-2;1-2-3/h3-4H2,1-2H3;3H2,1-2H3;1H3. The maximum Gasteiger partial charge on any atom is 0.129 e. The van der Waals surface area contributed by atoms with Crippen LogP contribution in [0.1, 0.15) is 47.0 Å². The molecule has 0 N–H and O–H groups in total. The minimum absolute atomic E-state index is 0.289. The highest BCUT2D eigenvalue weighted by Gasteiger charge is 1.83. The second kappa shape index (κ2) is 22.4. The second-order valence-corrected chi connectivity index (χ2v) is 2.34.